The van der Waals surface area contributed by atoms with Crippen molar-refractivity contribution in [1.82, 2.24) is 4.98 Å². The molecule has 1 aromatic rings. The average molecular weight is 362 g/mol. The summed E-state index contributed by atoms with van der Waals surface area (Å²) in [5, 5.41) is 9.43. The van der Waals surface area contributed by atoms with Gasteiger partial charge >= 0.3 is 0 Å². The number of hydrogen-bond acceptors (Lipinski definition) is 4. The van der Waals surface area contributed by atoms with Gasteiger partial charge in [-0.2, -0.15) is 0 Å². The Balaban J connectivity index is 3.51. The van der Waals surface area contributed by atoms with Crippen molar-refractivity contribution in [3.8, 4) is 0 Å². The normalized spacial score (nSPS) is 10.6. The van der Waals surface area contributed by atoms with Gasteiger partial charge in [-0.3, -0.25) is 14.9 Å². The fourth-order valence-corrected chi connectivity index (χ4v) is 1.92. The number of carbonyl (C=O) groups excluding carboxylic acids is 1. The lowest BCUT2D eigenvalue weighted by atomic mass is 10.2. The average Bonchev–Trinajstić information content (AvgIpc) is 2.16. The van der Waals surface area contributed by atoms with Gasteiger partial charge in [-0.1, -0.05) is 0 Å². The zero-order valence-corrected chi connectivity index (χ0v) is 10.2. The lowest BCUT2D eigenvalue weighted by Gasteiger charge is -2.03. The summed E-state index contributed by atoms with van der Waals surface area (Å²) in [5.74, 6) is 0. The highest BCUT2D eigenvalue weighted by molar-refractivity contribution is 14.1. The summed E-state index contributed by atoms with van der Waals surface area (Å²) in [6.45, 7) is 0. The molecule has 0 aliphatic heterocycles. The minimum atomic E-state index is -3.01. The van der Waals surface area contributed by atoms with Crippen molar-refractivity contribution in [3.05, 3.63) is 31.1 Å². The molecular weight excluding hydrogens is 360 g/mol. The molecular formula is C7H2ClF2IN2O3. The molecule has 1 aromatic heterocycles. The van der Waals surface area contributed by atoms with Gasteiger partial charge < -0.3 is 0 Å². The van der Waals surface area contributed by atoms with Crippen LogP contribution in [0.3, 0.4) is 0 Å². The molecule has 86 valence electrons. The van der Waals surface area contributed by atoms with Crippen LogP contribution in [0.15, 0.2) is 6.07 Å². The quantitative estimate of drug-likeness (QED) is 0.359. The highest BCUT2D eigenvalue weighted by Gasteiger charge is 2.25. The molecule has 9 heteroatoms. The van der Waals surface area contributed by atoms with Gasteiger partial charge in [0.25, 0.3) is 17.4 Å². The van der Waals surface area contributed by atoms with Gasteiger partial charge in [-0.15, -0.1) is 0 Å². The van der Waals surface area contributed by atoms with Gasteiger partial charge in [0.15, 0.2) is 0 Å². The highest BCUT2D eigenvalue weighted by atomic mass is 127. The van der Waals surface area contributed by atoms with Gasteiger partial charge in [-0.25, -0.2) is 13.8 Å². The van der Waals surface area contributed by atoms with Crippen LogP contribution in [0.5, 0.6) is 0 Å². The van der Waals surface area contributed by atoms with Crippen LogP contribution in [-0.4, -0.2) is 15.1 Å². The number of hydrogen-bond donors (Lipinski definition) is 0. The fraction of sp³-hybridized carbons (Fsp3) is 0.143. The maximum atomic E-state index is 12.3. The van der Waals surface area contributed by atoms with E-state index in [9.17, 15) is 23.7 Å². The van der Waals surface area contributed by atoms with E-state index in [0.717, 1.165) is 0 Å². The second-order valence-electron chi connectivity index (χ2n) is 2.56. The van der Waals surface area contributed by atoms with Crippen molar-refractivity contribution in [2.45, 2.75) is 6.43 Å². The largest absolute Gasteiger partial charge is 0.287 e. The van der Waals surface area contributed by atoms with Crippen LogP contribution in [0.4, 0.5) is 14.5 Å². The SMILES string of the molecule is O=C(Cl)c1nc(C(F)F)cc([N+](=O)[O-])c1I. The van der Waals surface area contributed by atoms with E-state index in [0.29, 0.717) is 6.07 Å². The topological polar surface area (TPSA) is 73.1 Å². The van der Waals surface area contributed by atoms with E-state index in [2.05, 4.69) is 4.98 Å². The Kier molecular flexibility index (Phi) is 4.08. The summed E-state index contributed by atoms with van der Waals surface area (Å²) in [7, 11) is 0. The number of halogens is 4. The highest BCUT2D eigenvalue weighted by Crippen LogP contribution is 2.29. The number of aromatic nitrogens is 1. The number of pyridine rings is 1. The van der Waals surface area contributed by atoms with Gasteiger partial charge in [0.1, 0.15) is 15.0 Å². The van der Waals surface area contributed by atoms with E-state index in [1.54, 1.807) is 0 Å². The predicted molar refractivity (Wildman–Crippen MR) is 58.7 cm³/mol. The van der Waals surface area contributed by atoms with Crippen molar-refractivity contribution in [1.29, 1.82) is 0 Å². The Labute approximate surface area is 106 Å². The molecule has 0 saturated heterocycles. The number of rotatable bonds is 3. The van der Waals surface area contributed by atoms with Gasteiger partial charge in [0.2, 0.25) is 0 Å². The van der Waals surface area contributed by atoms with Gasteiger partial charge in [0, 0.05) is 6.07 Å². The lowest BCUT2D eigenvalue weighted by Crippen LogP contribution is -2.06. The zero-order chi connectivity index (χ0) is 12.5. The molecule has 0 saturated carbocycles. The van der Waals surface area contributed by atoms with Crippen LogP contribution in [0.2, 0.25) is 0 Å². The third-order valence-corrected chi connectivity index (χ3v) is 2.81. The van der Waals surface area contributed by atoms with E-state index in [1.807, 2.05) is 0 Å². The minimum absolute atomic E-state index is 0.160. The molecule has 16 heavy (non-hydrogen) atoms. The molecule has 0 spiro atoms. The van der Waals surface area contributed by atoms with E-state index < -0.39 is 33.7 Å². The molecule has 0 aromatic carbocycles. The maximum Gasteiger partial charge on any atom is 0.287 e. The zero-order valence-electron chi connectivity index (χ0n) is 7.29. The molecule has 1 heterocycles. The second kappa shape index (κ2) is 4.95. The van der Waals surface area contributed by atoms with Crippen LogP contribution < -0.4 is 0 Å². The van der Waals surface area contributed by atoms with Crippen LogP contribution >= 0.6 is 34.2 Å². The van der Waals surface area contributed by atoms with Crippen molar-refractivity contribution in [2.75, 3.05) is 0 Å². The molecule has 0 bridgehead atoms. The summed E-state index contributed by atoms with van der Waals surface area (Å²) in [5.41, 5.74) is -2.00. The smallest absolute Gasteiger partial charge is 0.274 e. The lowest BCUT2D eigenvalue weighted by molar-refractivity contribution is -0.386. The maximum absolute atomic E-state index is 12.3. The van der Waals surface area contributed by atoms with Crippen molar-refractivity contribution >= 4 is 45.1 Å². The van der Waals surface area contributed by atoms with E-state index >= 15 is 0 Å². The Morgan fingerprint density at radius 3 is 2.56 bits per heavy atom. The summed E-state index contributed by atoms with van der Waals surface area (Å²) in [6, 6.07) is 0.621. The molecule has 0 atom stereocenters. The Hall–Kier alpha value is -0.900. The molecule has 1 rings (SSSR count). The molecule has 0 fully saturated rings. The molecule has 0 aliphatic rings. The summed E-state index contributed by atoms with van der Waals surface area (Å²) in [4.78, 5) is 23.8. The molecule has 0 aliphatic carbocycles. The third kappa shape index (κ3) is 2.61. The second-order valence-corrected chi connectivity index (χ2v) is 3.98. The molecule has 0 N–H and O–H groups in total. The van der Waals surface area contributed by atoms with Gasteiger partial charge in [-0.05, 0) is 34.2 Å². The Bertz CT molecular complexity index is 434. The standard InChI is InChI=1S/C7H2ClF2IN2O3/c8-6(14)5-4(11)3(13(15)16)1-2(12-5)7(9)10/h1,7H. The summed E-state index contributed by atoms with van der Waals surface area (Å²) >= 11 is 6.55. The molecule has 0 radical (unpaired) electrons. The van der Waals surface area contributed by atoms with E-state index in [4.69, 9.17) is 11.6 Å². The third-order valence-electron chi connectivity index (χ3n) is 1.56. The first kappa shape index (κ1) is 13.2. The molecule has 5 nitrogen and oxygen atoms in total. The van der Waals surface area contributed by atoms with E-state index in [1.165, 1.54) is 22.6 Å². The monoisotopic (exact) mass is 362 g/mol. The fourth-order valence-electron chi connectivity index (χ4n) is 0.910. The Morgan fingerprint density at radius 1 is 1.62 bits per heavy atom. The van der Waals surface area contributed by atoms with Crippen LogP contribution in [0, 0.1) is 13.7 Å². The number of nitrogens with zero attached hydrogens (tertiary/aromatic N) is 2. The summed E-state index contributed by atoms with van der Waals surface area (Å²) in [6.07, 6.45) is -3.01. The first-order valence-corrected chi connectivity index (χ1v) is 5.13. The predicted octanol–water partition coefficient (Wildman–Crippen LogP) is 2.91. The van der Waals surface area contributed by atoms with Crippen molar-refractivity contribution in [2.24, 2.45) is 0 Å². The number of nitro groups is 1. The first-order valence-electron chi connectivity index (χ1n) is 3.67. The van der Waals surface area contributed by atoms with Crippen LogP contribution in [0.25, 0.3) is 0 Å². The van der Waals surface area contributed by atoms with Gasteiger partial charge in [0.05, 0.1) is 4.92 Å². The number of carbonyl (C=O) groups is 1. The van der Waals surface area contributed by atoms with E-state index in [-0.39, 0.29) is 3.57 Å². The van der Waals surface area contributed by atoms with Crippen LogP contribution in [-0.2, 0) is 0 Å². The molecule has 0 unspecified atom stereocenters. The minimum Gasteiger partial charge on any atom is -0.274 e. The Morgan fingerprint density at radius 2 is 2.19 bits per heavy atom. The van der Waals surface area contributed by atoms with Crippen LogP contribution in [0.1, 0.15) is 22.6 Å². The first-order chi connectivity index (χ1) is 7.34. The van der Waals surface area contributed by atoms with Crippen molar-refractivity contribution < 1.29 is 18.5 Å². The van der Waals surface area contributed by atoms with Crippen molar-refractivity contribution in [3.63, 3.8) is 0 Å². The number of alkyl halides is 2. The molecule has 0 amide bonds. The summed E-state index contributed by atoms with van der Waals surface area (Å²) < 4.78 is 24.5.